The van der Waals surface area contributed by atoms with Gasteiger partial charge in [-0.2, -0.15) is 0 Å². The average molecular weight is 285 g/mol. The van der Waals surface area contributed by atoms with Crippen molar-refractivity contribution in [1.82, 2.24) is 15.5 Å². The van der Waals surface area contributed by atoms with E-state index in [1.807, 2.05) is 6.92 Å². The molecule has 108 valence electrons. The molecule has 0 radical (unpaired) electrons. The van der Waals surface area contributed by atoms with Gasteiger partial charge >= 0.3 is 0 Å². The molecule has 2 N–H and O–H groups in total. The Balaban J connectivity index is 2.00. The van der Waals surface area contributed by atoms with Crippen molar-refractivity contribution in [2.75, 3.05) is 6.61 Å². The molecule has 0 unspecified atom stereocenters. The molecule has 0 atom stereocenters. The molecule has 6 heteroatoms. The number of aromatic nitrogens is 2. The second-order valence-corrected chi connectivity index (χ2v) is 4.38. The predicted molar refractivity (Wildman–Crippen MR) is 75.3 cm³/mol. The lowest BCUT2D eigenvalue weighted by Gasteiger charge is -2.04. The van der Waals surface area contributed by atoms with Crippen LogP contribution in [-0.2, 0) is 6.54 Å². The number of aliphatic hydroxyl groups excluding tert-OH is 1. The van der Waals surface area contributed by atoms with Crippen LogP contribution in [-0.4, -0.2) is 27.8 Å². The van der Waals surface area contributed by atoms with E-state index < -0.39 is 0 Å². The first-order valence-electron chi connectivity index (χ1n) is 6.37. The van der Waals surface area contributed by atoms with Crippen LogP contribution in [0, 0.1) is 25.7 Å². The molecule has 0 spiro atoms. The Kier molecular flexibility index (Phi) is 4.69. The van der Waals surface area contributed by atoms with Crippen molar-refractivity contribution in [2.24, 2.45) is 0 Å². The molecular weight excluding hydrogens is 270 g/mol. The van der Waals surface area contributed by atoms with Crippen LogP contribution in [0.4, 0.5) is 0 Å². The van der Waals surface area contributed by atoms with Gasteiger partial charge in [0.05, 0.1) is 5.69 Å². The van der Waals surface area contributed by atoms with E-state index in [1.165, 1.54) is 6.20 Å². The molecule has 2 aromatic heterocycles. The van der Waals surface area contributed by atoms with Crippen LogP contribution in [0.15, 0.2) is 22.9 Å². The third-order valence-electron chi connectivity index (χ3n) is 2.91. The minimum Gasteiger partial charge on any atom is -0.384 e. The summed E-state index contributed by atoms with van der Waals surface area (Å²) in [5, 5.41) is 15.2. The molecule has 0 aromatic carbocycles. The number of hydrogen-bond donors (Lipinski definition) is 2. The van der Waals surface area contributed by atoms with Gasteiger partial charge in [0.2, 0.25) is 0 Å². The smallest absolute Gasteiger partial charge is 0.270 e. The summed E-state index contributed by atoms with van der Waals surface area (Å²) in [6.45, 7) is 3.76. The molecule has 21 heavy (non-hydrogen) atoms. The number of hydrogen-bond acceptors (Lipinski definition) is 5. The number of carbonyl (C=O) groups excluding carboxylic acids is 1. The minimum atomic E-state index is -0.281. The fourth-order valence-electron chi connectivity index (χ4n) is 1.76. The molecule has 1 amide bonds. The quantitative estimate of drug-likeness (QED) is 0.820. The highest BCUT2D eigenvalue weighted by Crippen LogP contribution is 2.11. The normalized spacial score (nSPS) is 9.86. The van der Waals surface area contributed by atoms with E-state index >= 15 is 0 Å². The molecule has 0 fully saturated rings. The maximum atomic E-state index is 12.0. The fourth-order valence-corrected chi connectivity index (χ4v) is 1.76. The van der Waals surface area contributed by atoms with Gasteiger partial charge in [-0.25, -0.2) is 4.98 Å². The van der Waals surface area contributed by atoms with Crippen LogP contribution in [0.1, 0.15) is 33.1 Å². The lowest BCUT2D eigenvalue weighted by atomic mass is 10.2. The van der Waals surface area contributed by atoms with E-state index in [9.17, 15) is 4.79 Å². The van der Waals surface area contributed by atoms with E-state index in [4.69, 9.17) is 9.63 Å². The number of nitrogens with one attached hydrogen (secondary N) is 1. The molecule has 0 aliphatic heterocycles. The van der Waals surface area contributed by atoms with Crippen LogP contribution >= 0.6 is 0 Å². The van der Waals surface area contributed by atoms with Gasteiger partial charge in [-0.15, -0.1) is 0 Å². The van der Waals surface area contributed by atoms with Gasteiger partial charge in [0, 0.05) is 23.9 Å². The largest absolute Gasteiger partial charge is 0.384 e. The van der Waals surface area contributed by atoms with Crippen molar-refractivity contribution in [3.63, 3.8) is 0 Å². The van der Waals surface area contributed by atoms with Crippen molar-refractivity contribution in [3.8, 4) is 11.8 Å². The molecule has 2 aromatic rings. The summed E-state index contributed by atoms with van der Waals surface area (Å²) in [6, 6.07) is 3.27. The summed E-state index contributed by atoms with van der Waals surface area (Å²) in [5.74, 6) is 5.64. The number of pyridine rings is 1. The maximum Gasteiger partial charge on any atom is 0.270 e. The van der Waals surface area contributed by atoms with Gasteiger partial charge in [-0.1, -0.05) is 17.0 Å². The molecule has 6 nitrogen and oxygen atoms in total. The third kappa shape index (κ3) is 3.68. The van der Waals surface area contributed by atoms with E-state index in [2.05, 4.69) is 27.3 Å². The molecule has 0 aliphatic rings. The third-order valence-corrected chi connectivity index (χ3v) is 2.91. The van der Waals surface area contributed by atoms with E-state index in [0.717, 1.165) is 11.3 Å². The first-order chi connectivity index (χ1) is 10.1. The molecule has 2 heterocycles. The van der Waals surface area contributed by atoms with Crippen LogP contribution in [0.5, 0.6) is 0 Å². The number of aryl methyl sites for hydroxylation is 2. The van der Waals surface area contributed by atoms with Gasteiger partial charge in [0.25, 0.3) is 5.91 Å². The second-order valence-electron chi connectivity index (χ2n) is 4.38. The zero-order valence-electron chi connectivity index (χ0n) is 11.8. The van der Waals surface area contributed by atoms with Gasteiger partial charge in [0.1, 0.15) is 18.1 Å². The fraction of sp³-hybridized carbons (Fsp3) is 0.267. The van der Waals surface area contributed by atoms with Crippen LogP contribution in [0.25, 0.3) is 0 Å². The van der Waals surface area contributed by atoms with Crippen LogP contribution in [0.3, 0.4) is 0 Å². The number of aliphatic hydroxyl groups is 1. The molecule has 0 saturated carbocycles. The Morgan fingerprint density at radius 1 is 1.43 bits per heavy atom. The summed E-state index contributed by atoms with van der Waals surface area (Å²) in [7, 11) is 0. The Hall–Kier alpha value is -2.65. The summed E-state index contributed by atoms with van der Waals surface area (Å²) in [5.41, 5.74) is 2.58. The monoisotopic (exact) mass is 285 g/mol. The molecular formula is C15H15N3O3. The van der Waals surface area contributed by atoms with Crippen LogP contribution < -0.4 is 5.32 Å². The van der Waals surface area contributed by atoms with Crippen molar-refractivity contribution in [2.45, 2.75) is 20.4 Å². The molecule has 0 bridgehead atoms. The average Bonchev–Trinajstić information content (AvgIpc) is 2.82. The molecule has 2 rings (SSSR count). The topological polar surface area (TPSA) is 88.2 Å². The molecule has 0 saturated heterocycles. The summed E-state index contributed by atoms with van der Waals surface area (Å²) in [6.07, 6.45) is 1.49. The molecule has 0 aliphatic carbocycles. The van der Waals surface area contributed by atoms with Gasteiger partial charge in [-0.3, -0.25) is 4.79 Å². The number of rotatable bonds is 3. The van der Waals surface area contributed by atoms with Crippen molar-refractivity contribution < 1.29 is 14.4 Å². The van der Waals surface area contributed by atoms with Crippen molar-refractivity contribution in [3.05, 3.63) is 46.6 Å². The van der Waals surface area contributed by atoms with E-state index in [-0.39, 0.29) is 12.5 Å². The Morgan fingerprint density at radius 2 is 2.24 bits per heavy atom. The zero-order valence-corrected chi connectivity index (χ0v) is 11.8. The summed E-state index contributed by atoms with van der Waals surface area (Å²) in [4.78, 5) is 16.0. The number of amides is 1. The van der Waals surface area contributed by atoms with Crippen molar-refractivity contribution >= 4 is 5.91 Å². The maximum absolute atomic E-state index is 12.0. The second kappa shape index (κ2) is 6.68. The Morgan fingerprint density at radius 3 is 2.81 bits per heavy atom. The number of carbonyl (C=O) groups is 1. The Bertz CT molecular complexity index is 674. The lowest BCUT2D eigenvalue weighted by molar-refractivity contribution is 0.0946. The van der Waals surface area contributed by atoms with E-state index in [1.54, 1.807) is 19.1 Å². The first kappa shape index (κ1) is 14.8. The highest BCUT2D eigenvalue weighted by Gasteiger charge is 2.12. The highest BCUT2D eigenvalue weighted by atomic mass is 16.5. The zero-order chi connectivity index (χ0) is 15.2. The van der Waals surface area contributed by atoms with Gasteiger partial charge < -0.3 is 14.9 Å². The Labute approximate surface area is 122 Å². The minimum absolute atomic E-state index is 0.209. The lowest BCUT2D eigenvalue weighted by Crippen LogP contribution is -2.24. The SMILES string of the molecule is Cc1noc(C)c1CNC(=O)c1ccc(C#CCO)cn1. The van der Waals surface area contributed by atoms with Gasteiger partial charge in [0.15, 0.2) is 0 Å². The highest BCUT2D eigenvalue weighted by molar-refractivity contribution is 5.92. The van der Waals surface area contributed by atoms with Crippen LogP contribution in [0.2, 0.25) is 0 Å². The predicted octanol–water partition coefficient (Wildman–Crippen LogP) is 0.960. The summed E-state index contributed by atoms with van der Waals surface area (Å²) >= 11 is 0. The van der Waals surface area contributed by atoms with E-state index in [0.29, 0.717) is 23.6 Å². The van der Waals surface area contributed by atoms with Crippen molar-refractivity contribution in [1.29, 1.82) is 0 Å². The standard InChI is InChI=1S/C15H15N3O3/c1-10-13(11(2)21-18-10)9-17-15(20)14-6-5-12(8-16-14)4-3-7-19/h5-6,8,19H,7,9H2,1-2H3,(H,17,20). The summed E-state index contributed by atoms with van der Waals surface area (Å²) < 4.78 is 5.03. The van der Waals surface area contributed by atoms with Gasteiger partial charge in [-0.05, 0) is 26.0 Å². The first-order valence-corrected chi connectivity index (χ1v) is 6.37. The number of nitrogens with zero attached hydrogens (tertiary/aromatic N) is 2.